The van der Waals surface area contributed by atoms with Crippen molar-refractivity contribution < 1.29 is 36.3 Å². The molecule has 5 rings (SSSR count). The number of carbonyl (C=O) groups excluding carboxylic acids is 1. The van der Waals surface area contributed by atoms with Crippen LogP contribution < -0.4 is 10.5 Å². The second-order valence-electron chi connectivity index (χ2n) is 7.92. The SMILES string of the molecule is Nc1ncnc2c(CN3CC[C@H](NS(=O)(=O)c4sc5ccccc5c4Cl)C3=O)csc12.O=C(O)C(F)(F)F. The minimum absolute atomic E-state index is 0.0256. The van der Waals surface area contributed by atoms with Gasteiger partial charge >= 0.3 is 12.1 Å². The van der Waals surface area contributed by atoms with Crippen LogP contribution >= 0.6 is 34.3 Å². The van der Waals surface area contributed by atoms with Crippen molar-refractivity contribution in [3.8, 4) is 0 Å². The number of anilines is 1. The van der Waals surface area contributed by atoms with Gasteiger partial charge in [-0.1, -0.05) is 29.8 Å². The molecule has 4 N–H and O–H groups in total. The first-order valence-corrected chi connectivity index (χ1v) is 14.1. The van der Waals surface area contributed by atoms with Gasteiger partial charge in [0.2, 0.25) is 5.91 Å². The number of thiophene rings is 2. The smallest absolute Gasteiger partial charge is 0.475 e. The van der Waals surface area contributed by atoms with E-state index in [1.54, 1.807) is 17.0 Å². The number of likely N-dealkylation sites (tertiary alicyclic amines) is 1. The molecule has 0 aliphatic carbocycles. The van der Waals surface area contributed by atoms with Crippen LogP contribution in [-0.2, 0) is 26.2 Å². The van der Waals surface area contributed by atoms with Crippen LogP contribution in [0.15, 0.2) is 40.2 Å². The lowest BCUT2D eigenvalue weighted by atomic mass is 10.2. The number of aromatic nitrogens is 2. The number of amides is 1. The van der Waals surface area contributed by atoms with E-state index in [2.05, 4.69) is 14.7 Å². The summed E-state index contributed by atoms with van der Waals surface area (Å²) in [5.74, 6) is -2.63. The fourth-order valence-corrected chi connectivity index (χ4v) is 7.93. The van der Waals surface area contributed by atoms with Gasteiger partial charge in [-0.05, 0) is 17.9 Å². The Kier molecular flexibility index (Phi) is 7.81. The molecule has 1 aromatic carbocycles. The van der Waals surface area contributed by atoms with E-state index in [4.69, 9.17) is 27.2 Å². The molecule has 1 atom stereocenters. The Morgan fingerprint density at radius 3 is 2.63 bits per heavy atom. The Hall–Kier alpha value is -3.05. The number of carbonyl (C=O) groups is 2. The van der Waals surface area contributed by atoms with E-state index in [0.29, 0.717) is 36.2 Å². The molecule has 0 radical (unpaired) electrons. The molecule has 1 aliphatic rings. The summed E-state index contributed by atoms with van der Waals surface area (Å²) in [4.78, 5) is 31.7. The first kappa shape index (κ1) is 28.0. The molecule has 1 aliphatic heterocycles. The molecule has 1 amide bonds. The number of benzene rings is 1. The van der Waals surface area contributed by atoms with Crippen molar-refractivity contribution in [3.63, 3.8) is 0 Å². The molecule has 17 heteroatoms. The Labute approximate surface area is 225 Å². The lowest BCUT2D eigenvalue weighted by molar-refractivity contribution is -0.192. The van der Waals surface area contributed by atoms with Gasteiger partial charge in [0, 0.05) is 28.7 Å². The Balaban J connectivity index is 0.000000426. The fourth-order valence-electron chi connectivity index (χ4n) is 3.65. The number of halogens is 4. The van der Waals surface area contributed by atoms with Crippen LogP contribution in [0.25, 0.3) is 20.3 Å². The Morgan fingerprint density at radius 2 is 1.97 bits per heavy atom. The predicted molar refractivity (Wildman–Crippen MR) is 136 cm³/mol. The van der Waals surface area contributed by atoms with E-state index in [9.17, 15) is 26.4 Å². The topological polar surface area (TPSA) is 156 Å². The van der Waals surface area contributed by atoms with Crippen LogP contribution in [0.1, 0.15) is 12.0 Å². The minimum Gasteiger partial charge on any atom is -0.475 e. The minimum atomic E-state index is -5.08. The number of aliphatic carboxylic acids is 1. The number of carboxylic acids is 1. The molecule has 202 valence electrons. The summed E-state index contributed by atoms with van der Waals surface area (Å²) in [5.41, 5.74) is 7.46. The predicted octanol–water partition coefficient (Wildman–Crippen LogP) is 3.85. The van der Waals surface area contributed by atoms with Crippen LogP contribution in [0.2, 0.25) is 5.02 Å². The van der Waals surface area contributed by atoms with Crippen molar-refractivity contribution >= 4 is 82.3 Å². The first-order chi connectivity index (χ1) is 17.8. The molecule has 10 nitrogen and oxygen atoms in total. The second kappa shape index (κ2) is 10.6. The monoisotopic (exact) mass is 607 g/mol. The number of fused-ring (bicyclic) bond motifs is 2. The summed E-state index contributed by atoms with van der Waals surface area (Å²) >= 11 is 8.84. The molecular weight excluding hydrogens is 591 g/mol. The lowest BCUT2D eigenvalue weighted by Crippen LogP contribution is -2.41. The molecule has 0 unspecified atom stereocenters. The lowest BCUT2D eigenvalue weighted by Gasteiger charge is -2.16. The highest BCUT2D eigenvalue weighted by Gasteiger charge is 2.38. The number of rotatable bonds is 5. The summed E-state index contributed by atoms with van der Waals surface area (Å²) in [6, 6.07) is 6.38. The third kappa shape index (κ3) is 5.68. The Morgan fingerprint density at radius 1 is 1.29 bits per heavy atom. The van der Waals surface area contributed by atoms with Crippen molar-refractivity contribution in [1.29, 1.82) is 0 Å². The number of nitrogens with zero attached hydrogens (tertiary/aromatic N) is 3. The third-order valence-corrected chi connectivity index (χ3v) is 10.2. The third-order valence-electron chi connectivity index (χ3n) is 5.40. The number of alkyl halides is 3. The maximum absolute atomic E-state index is 13.0. The van der Waals surface area contributed by atoms with E-state index in [-0.39, 0.29) is 15.1 Å². The molecule has 0 saturated carbocycles. The van der Waals surface area contributed by atoms with Crippen molar-refractivity contribution in [2.24, 2.45) is 0 Å². The van der Waals surface area contributed by atoms with E-state index in [1.165, 1.54) is 17.7 Å². The maximum Gasteiger partial charge on any atom is 0.490 e. The summed E-state index contributed by atoms with van der Waals surface area (Å²) in [6.45, 7) is 0.765. The normalized spacial score (nSPS) is 16.2. The number of nitrogens with two attached hydrogens (primary N) is 1. The molecule has 1 saturated heterocycles. The van der Waals surface area contributed by atoms with Gasteiger partial charge in [0.05, 0.1) is 15.2 Å². The van der Waals surface area contributed by atoms with Crippen LogP contribution in [0.3, 0.4) is 0 Å². The maximum atomic E-state index is 13.0. The largest absolute Gasteiger partial charge is 0.490 e. The molecule has 1 fully saturated rings. The van der Waals surface area contributed by atoms with E-state index < -0.39 is 28.2 Å². The Bertz CT molecular complexity index is 1640. The highest BCUT2D eigenvalue weighted by Crippen LogP contribution is 2.38. The quantitative estimate of drug-likeness (QED) is 0.309. The number of nitrogens with one attached hydrogen (secondary N) is 1. The van der Waals surface area contributed by atoms with E-state index in [1.807, 2.05) is 17.5 Å². The number of hydrogen-bond donors (Lipinski definition) is 3. The summed E-state index contributed by atoms with van der Waals surface area (Å²) in [7, 11) is -3.94. The number of sulfonamides is 1. The average molecular weight is 608 g/mol. The molecule has 0 bridgehead atoms. The summed E-state index contributed by atoms with van der Waals surface area (Å²) < 4.78 is 61.8. The van der Waals surface area contributed by atoms with Crippen molar-refractivity contribution in [2.75, 3.05) is 12.3 Å². The summed E-state index contributed by atoms with van der Waals surface area (Å²) in [5, 5.41) is 9.88. The highest BCUT2D eigenvalue weighted by molar-refractivity contribution is 7.92. The number of carboxylic acid groups (broad SMARTS) is 1. The molecule has 38 heavy (non-hydrogen) atoms. The van der Waals surface area contributed by atoms with Crippen molar-refractivity contribution in [3.05, 3.63) is 46.6 Å². The zero-order chi connectivity index (χ0) is 27.8. The van der Waals surface area contributed by atoms with Crippen LogP contribution in [0.5, 0.6) is 0 Å². The fraction of sp³-hybridized carbons (Fsp3) is 0.238. The average Bonchev–Trinajstić information content (AvgIpc) is 3.52. The van der Waals surface area contributed by atoms with Gasteiger partial charge in [0.25, 0.3) is 10.0 Å². The van der Waals surface area contributed by atoms with E-state index >= 15 is 0 Å². The van der Waals surface area contributed by atoms with Crippen molar-refractivity contribution in [2.45, 2.75) is 29.4 Å². The zero-order valence-corrected chi connectivity index (χ0v) is 22.1. The van der Waals surface area contributed by atoms with Gasteiger partial charge in [-0.2, -0.15) is 17.9 Å². The van der Waals surface area contributed by atoms with Crippen LogP contribution in [0, 0.1) is 0 Å². The number of hydrogen-bond acceptors (Lipinski definition) is 9. The molecule has 4 heterocycles. The van der Waals surface area contributed by atoms with Gasteiger partial charge in [0.15, 0.2) is 4.21 Å². The zero-order valence-electron chi connectivity index (χ0n) is 18.9. The van der Waals surface area contributed by atoms with Gasteiger partial charge < -0.3 is 15.7 Å². The highest BCUT2D eigenvalue weighted by atomic mass is 35.5. The molecule has 0 spiro atoms. The van der Waals surface area contributed by atoms with Gasteiger partial charge in [-0.25, -0.2) is 23.2 Å². The molecule has 4 aromatic rings. The van der Waals surface area contributed by atoms with Crippen LogP contribution in [-0.4, -0.2) is 59.0 Å². The van der Waals surface area contributed by atoms with E-state index in [0.717, 1.165) is 26.3 Å². The van der Waals surface area contributed by atoms with Gasteiger partial charge in [-0.3, -0.25) is 4.79 Å². The molecular formula is C21H17ClF3N5O5S3. The first-order valence-electron chi connectivity index (χ1n) is 10.5. The summed E-state index contributed by atoms with van der Waals surface area (Å²) in [6.07, 6.45) is -3.31. The standard InChI is InChI=1S/C19H16ClN5O3S3.C2HF3O2/c20-14-11-3-1-2-4-13(11)30-19(14)31(27,28)24-12-5-6-25(18(12)26)7-10-8-29-16-15(10)22-9-23-17(16)21;3-2(4,5)1(6)7/h1-4,8-9,12,24H,5-7H2,(H2,21,22,23);(H,6,7)/t12-;/m0./s1. The van der Waals surface area contributed by atoms with Crippen LogP contribution in [0.4, 0.5) is 19.0 Å². The van der Waals surface area contributed by atoms with Gasteiger partial charge in [0.1, 0.15) is 18.2 Å². The molecule has 3 aromatic heterocycles. The number of nitrogen functional groups attached to an aromatic ring is 1. The van der Waals surface area contributed by atoms with Gasteiger partial charge in [-0.15, -0.1) is 22.7 Å². The second-order valence-corrected chi connectivity index (χ2v) is 12.1. The van der Waals surface area contributed by atoms with Crippen molar-refractivity contribution in [1.82, 2.24) is 19.6 Å².